The highest BCUT2D eigenvalue weighted by molar-refractivity contribution is 7.80. The van der Waals surface area contributed by atoms with Crippen molar-refractivity contribution in [2.45, 2.75) is 24.9 Å². The maximum Gasteiger partial charge on any atom is 0.200 e. The minimum absolute atomic E-state index is 0.537. The van der Waals surface area contributed by atoms with Gasteiger partial charge in [0.25, 0.3) is 0 Å². The van der Waals surface area contributed by atoms with Gasteiger partial charge in [-0.15, -0.1) is 5.53 Å². The van der Waals surface area contributed by atoms with Crippen molar-refractivity contribution in [3.05, 3.63) is 0 Å². The number of hydrazine groups is 3. The van der Waals surface area contributed by atoms with Crippen molar-refractivity contribution in [3.63, 3.8) is 0 Å². The van der Waals surface area contributed by atoms with Gasteiger partial charge in [0.05, 0.1) is 12.1 Å². The van der Waals surface area contributed by atoms with Gasteiger partial charge in [-0.1, -0.05) is 0 Å². The van der Waals surface area contributed by atoms with Crippen LogP contribution < -0.4 is 16.5 Å². The Bertz CT molecular complexity index is 206. The van der Waals surface area contributed by atoms with Crippen LogP contribution in [0.1, 0.15) is 19.3 Å². The number of β-amino-alcohol motifs (C(OH)–C–C–N with tert-alkyl or cyclic N) is 1. The van der Waals surface area contributed by atoms with Crippen LogP contribution in [0.15, 0.2) is 0 Å². The monoisotopic (exact) mass is 188 g/mol. The first-order valence-corrected chi connectivity index (χ1v) is 4.41. The van der Waals surface area contributed by atoms with Gasteiger partial charge >= 0.3 is 0 Å². The molecule has 1 saturated heterocycles. The summed E-state index contributed by atoms with van der Waals surface area (Å²) in [5.74, 6) is 0. The summed E-state index contributed by atoms with van der Waals surface area (Å²) >= 11 is 4.96. The van der Waals surface area contributed by atoms with E-state index in [1.54, 1.807) is 5.01 Å². The van der Waals surface area contributed by atoms with E-state index in [1.807, 2.05) is 0 Å². The summed E-state index contributed by atoms with van der Waals surface area (Å²) < 4.78 is 0. The van der Waals surface area contributed by atoms with Gasteiger partial charge in [0.15, 0.2) is 5.11 Å². The molecule has 0 aromatic rings. The molecule has 4 N–H and O–H groups in total. The molecule has 0 aromatic heterocycles. The summed E-state index contributed by atoms with van der Waals surface area (Å²) in [4.78, 5) is 0. The molecule has 1 heterocycles. The smallest absolute Gasteiger partial charge is 0.200 e. The minimum Gasteiger partial charge on any atom is -0.388 e. The Hall–Kier alpha value is -0.430. The third-order valence-corrected chi connectivity index (χ3v) is 2.66. The van der Waals surface area contributed by atoms with E-state index < -0.39 is 5.60 Å². The van der Waals surface area contributed by atoms with Crippen LogP contribution >= 0.6 is 12.2 Å². The molecule has 1 saturated carbocycles. The summed E-state index contributed by atoms with van der Waals surface area (Å²) in [5.41, 5.74) is 7.66. The lowest BCUT2D eigenvalue weighted by Gasteiger charge is -2.38. The second-order valence-electron chi connectivity index (χ2n) is 3.33. The van der Waals surface area contributed by atoms with E-state index in [-0.39, 0.29) is 0 Å². The Balaban J connectivity index is 1.89. The van der Waals surface area contributed by atoms with Crippen LogP contribution in [0.4, 0.5) is 0 Å². The normalized spacial score (nSPS) is 26.8. The van der Waals surface area contributed by atoms with Crippen molar-refractivity contribution < 1.29 is 5.11 Å². The van der Waals surface area contributed by atoms with Crippen molar-refractivity contribution >= 4 is 17.3 Å². The van der Waals surface area contributed by atoms with E-state index in [9.17, 15) is 5.11 Å². The Labute approximate surface area is 76.0 Å². The number of hydrogen-bond donors (Lipinski definition) is 4. The van der Waals surface area contributed by atoms with Crippen LogP contribution in [0.3, 0.4) is 0 Å². The molecule has 0 radical (unpaired) electrons. The van der Waals surface area contributed by atoms with Crippen molar-refractivity contribution in [2.75, 3.05) is 6.54 Å². The minimum atomic E-state index is -0.537. The number of nitrogens with one attached hydrogen (secondary N) is 3. The molecule has 2 fully saturated rings. The molecule has 1 aliphatic carbocycles. The highest BCUT2D eigenvalue weighted by Crippen LogP contribution is 2.31. The molecule has 5 nitrogen and oxygen atoms in total. The van der Waals surface area contributed by atoms with Crippen molar-refractivity contribution in [1.29, 1.82) is 0 Å². The summed E-state index contributed by atoms with van der Waals surface area (Å²) in [6.07, 6.45) is 2.85. The number of thiocarbonyl (C=S) groups is 1. The lowest BCUT2D eigenvalue weighted by molar-refractivity contribution is -0.0531. The molecule has 6 heteroatoms. The Morgan fingerprint density at radius 2 is 2.33 bits per heavy atom. The van der Waals surface area contributed by atoms with Crippen LogP contribution in [0.2, 0.25) is 0 Å². The van der Waals surface area contributed by atoms with Crippen LogP contribution in [0.5, 0.6) is 0 Å². The number of hydrogen-bond acceptors (Lipinski definition) is 4. The van der Waals surface area contributed by atoms with Crippen molar-refractivity contribution in [1.82, 2.24) is 21.5 Å². The highest BCUT2D eigenvalue weighted by Gasteiger charge is 2.37. The largest absolute Gasteiger partial charge is 0.388 e. The van der Waals surface area contributed by atoms with E-state index >= 15 is 0 Å². The van der Waals surface area contributed by atoms with Gasteiger partial charge in [-0.2, -0.15) is 5.53 Å². The summed E-state index contributed by atoms with van der Waals surface area (Å²) in [7, 11) is 0. The number of nitrogens with zero attached hydrogens (tertiary/aromatic N) is 1. The Kier molecular flexibility index (Phi) is 1.91. The lowest BCUT2D eigenvalue weighted by Crippen LogP contribution is -2.52. The topological polar surface area (TPSA) is 59.6 Å². The quantitative estimate of drug-likeness (QED) is 0.418. The van der Waals surface area contributed by atoms with Crippen LogP contribution in [-0.2, 0) is 0 Å². The SMILES string of the molecule is OC1(CN2NNNC2=S)CCC1. The predicted octanol–water partition coefficient (Wildman–Crippen LogP) is -0.984. The van der Waals surface area contributed by atoms with E-state index in [2.05, 4.69) is 16.5 Å². The second-order valence-corrected chi connectivity index (χ2v) is 3.72. The fourth-order valence-corrected chi connectivity index (χ4v) is 1.58. The maximum absolute atomic E-state index is 9.79. The standard InChI is InChI=1S/C6H12N4OS/c11-6(2-1-3-6)4-10-5(12)7-8-9-10/h8-9,11H,1-4H2,(H,7,12). The van der Waals surface area contributed by atoms with Crippen LogP contribution in [0, 0.1) is 0 Å². The van der Waals surface area contributed by atoms with Crippen molar-refractivity contribution in [3.8, 4) is 0 Å². The zero-order valence-electron chi connectivity index (χ0n) is 6.63. The third kappa shape index (κ3) is 1.38. The maximum atomic E-state index is 9.79. The molecule has 0 atom stereocenters. The molecule has 0 amide bonds. The summed E-state index contributed by atoms with van der Waals surface area (Å²) in [5, 5.41) is 12.1. The van der Waals surface area contributed by atoms with Gasteiger partial charge in [-0.25, -0.2) is 0 Å². The summed E-state index contributed by atoms with van der Waals surface area (Å²) in [6.45, 7) is 0.547. The van der Waals surface area contributed by atoms with Gasteiger partial charge in [-0.3, -0.25) is 10.4 Å². The highest BCUT2D eigenvalue weighted by atomic mass is 32.1. The fraction of sp³-hybridized carbons (Fsp3) is 0.833. The molecular formula is C6H12N4OS. The van der Waals surface area contributed by atoms with Crippen LogP contribution in [-0.4, -0.2) is 27.4 Å². The molecule has 0 bridgehead atoms. The first-order valence-electron chi connectivity index (χ1n) is 4.00. The molecule has 1 aliphatic heterocycles. The third-order valence-electron chi connectivity index (χ3n) is 2.34. The molecule has 2 rings (SSSR count). The second kappa shape index (κ2) is 2.81. The van der Waals surface area contributed by atoms with Gasteiger partial charge in [-0.05, 0) is 31.5 Å². The Morgan fingerprint density at radius 3 is 2.75 bits per heavy atom. The number of rotatable bonds is 2. The molecule has 0 spiro atoms. The number of aliphatic hydroxyl groups is 1. The van der Waals surface area contributed by atoms with Crippen LogP contribution in [0.25, 0.3) is 0 Å². The van der Waals surface area contributed by atoms with Crippen molar-refractivity contribution in [2.24, 2.45) is 0 Å². The van der Waals surface area contributed by atoms with Gasteiger partial charge in [0, 0.05) is 0 Å². The molecule has 0 aromatic carbocycles. The lowest BCUT2D eigenvalue weighted by atomic mass is 9.80. The summed E-state index contributed by atoms with van der Waals surface area (Å²) in [6, 6.07) is 0. The zero-order chi connectivity index (χ0) is 8.60. The van der Waals surface area contributed by atoms with E-state index in [0.29, 0.717) is 11.7 Å². The van der Waals surface area contributed by atoms with Gasteiger partial charge in [0.1, 0.15) is 0 Å². The molecular weight excluding hydrogens is 176 g/mol. The first-order chi connectivity index (χ1) is 5.70. The van der Waals surface area contributed by atoms with E-state index in [0.717, 1.165) is 19.3 Å². The van der Waals surface area contributed by atoms with E-state index in [1.165, 1.54) is 0 Å². The molecule has 12 heavy (non-hydrogen) atoms. The average Bonchev–Trinajstić information content (AvgIpc) is 2.34. The van der Waals surface area contributed by atoms with Gasteiger partial charge in [0.2, 0.25) is 0 Å². The average molecular weight is 188 g/mol. The molecule has 2 aliphatic rings. The molecule has 68 valence electrons. The predicted molar refractivity (Wildman–Crippen MR) is 47.5 cm³/mol. The molecule has 0 unspecified atom stereocenters. The van der Waals surface area contributed by atoms with Gasteiger partial charge < -0.3 is 5.11 Å². The van der Waals surface area contributed by atoms with E-state index in [4.69, 9.17) is 12.2 Å². The fourth-order valence-electron chi connectivity index (χ4n) is 1.42. The zero-order valence-corrected chi connectivity index (χ0v) is 7.45. The first kappa shape index (κ1) is 8.18. The Morgan fingerprint density at radius 1 is 1.58 bits per heavy atom.